The number of hydrogen-bond donors (Lipinski definition) is 2. The highest BCUT2D eigenvalue weighted by molar-refractivity contribution is 5.89. The van der Waals surface area contributed by atoms with Gasteiger partial charge in [0.25, 0.3) is 0 Å². The first kappa shape index (κ1) is 18.2. The number of nitrogens with zero attached hydrogens (tertiary/aromatic N) is 1. The van der Waals surface area contributed by atoms with Gasteiger partial charge in [-0.3, -0.25) is 9.59 Å². The summed E-state index contributed by atoms with van der Waals surface area (Å²) in [4.78, 5) is 25.3. The van der Waals surface area contributed by atoms with Gasteiger partial charge in [0.15, 0.2) is 0 Å². The van der Waals surface area contributed by atoms with Gasteiger partial charge in [0.05, 0.1) is 17.9 Å². The second-order valence-corrected chi connectivity index (χ2v) is 6.28. The number of halogens is 2. The summed E-state index contributed by atoms with van der Waals surface area (Å²) in [6.45, 7) is 5.15. The largest absolute Gasteiger partial charge is 0.374 e. The lowest BCUT2D eigenvalue weighted by molar-refractivity contribution is -0.135. The molecule has 24 heavy (non-hydrogen) atoms. The second-order valence-electron chi connectivity index (χ2n) is 6.28. The average molecular weight is 339 g/mol. The van der Waals surface area contributed by atoms with E-state index in [1.807, 2.05) is 18.7 Å². The quantitative estimate of drug-likeness (QED) is 0.886. The Morgan fingerprint density at radius 3 is 2.29 bits per heavy atom. The molecular formula is C17H23F2N3O2. The molecule has 1 aromatic rings. The van der Waals surface area contributed by atoms with Crippen molar-refractivity contribution in [3.05, 3.63) is 23.8 Å². The van der Waals surface area contributed by atoms with Crippen LogP contribution in [-0.2, 0) is 9.59 Å². The Morgan fingerprint density at radius 2 is 1.71 bits per heavy atom. The molecule has 132 valence electrons. The third-order valence-electron chi connectivity index (χ3n) is 4.28. The summed E-state index contributed by atoms with van der Waals surface area (Å²) in [5, 5.41) is 5.00. The summed E-state index contributed by atoms with van der Waals surface area (Å²) in [5.74, 6) is -2.26. The van der Waals surface area contributed by atoms with Gasteiger partial charge in [0, 0.05) is 25.1 Å². The van der Waals surface area contributed by atoms with Gasteiger partial charge in [-0.2, -0.15) is 0 Å². The topological polar surface area (TPSA) is 61.4 Å². The van der Waals surface area contributed by atoms with Crippen LogP contribution in [0.2, 0.25) is 0 Å². The van der Waals surface area contributed by atoms with Crippen LogP contribution in [0.3, 0.4) is 0 Å². The summed E-state index contributed by atoms with van der Waals surface area (Å²) in [7, 11) is 0. The Hall–Kier alpha value is -2.18. The molecule has 0 spiro atoms. The molecule has 1 heterocycles. The van der Waals surface area contributed by atoms with E-state index in [1.54, 1.807) is 0 Å². The minimum Gasteiger partial charge on any atom is -0.374 e. The first-order chi connectivity index (χ1) is 11.3. The molecule has 1 aliphatic heterocycles. The van der Waals surface area contributed by atoms with Crippen LogP contribution in [0.25, 0.3) is 0 Å². The molecule has 2 N–H and O–H groups in total. The normalized spacial score (nSPS) is 20.6. The molecule has 2 amide bonds. The Balaban J connectivity index is 2.08. The van der Waals surface area contributed by atoms with Crippen molar-refractivity contribution in [2.75, 3.05) is 17.2 Å². The number of carbonyl (C=O) groups excluding carboxylic acids is 2. The van der Waals surface area contributed by atoms with Crippen molar-refractivity contribution in [3.63, 3.8) is 0 Å². The highest BCUT2D eigenvalue weighted by Gasteiger charge is 2.28. The molecule has 1 fully saturated rings. The predicted molar refractivity (Wildman–Crippen MR) is 88.8 cm³/mol. The van der Waals surface area contributed by atoms with E-state index in [4.69, 9.17) is 0 Å². The van der Waals surface area contributed by atoms with Gasteiger partial charge in [-0.25, -0.2) is 8.78 Å². The van der Waals surface area contributed by atoms with Crippen LogP contribution in [0.5, 0.6) is 0 Å². The van der Waals surface area contributed by atoms with Crippen molar-refractivity contribution in [2.45, 2.75) is 52.1 Å². The van der Waals surface area contributed by atoms with Gasteiger partial charge in [0.1, 0.15) is 11.6 Å². The van der Waals surface area contributed by atoms with E-state index in [1.165, 1.54) is 6.92 Å². The molecule has 0 saturated carbocycles. The van der Waals surface area contributed by atoms with E-state index in [2.05, 4.69) is 10.6 Å². The molecular weight excluding hydrogens is 316 g/mol. The lowest BCUT2D eigenvalue weighted by Gasteiger charge is -2.39. The Morgan fingerprint density at radius 1 is 1.12 bits per heavy atom. The van der Waals surface area contributed by atoms with Crippen molar-refractivity contribution in [2.24, 2.45) is 0 Å². The smallest absolute Gasteiger partial charge is 0.242 e. The SMILES string of the molecule is CC(=O)Nc1cc(NCC(=O)N2[C@@H](C)CCC[C@@H]2C)c(F)cc1F. The molecule has 1 aromatic carbocycles. The lowest BCUT2D eigenvalue weighted by atomic mass is 9.97. The number of likely N-dealkylation sites (tertiary alicyclic amines) is 1. The van der Waals surface area contributed by atoms with Crippen molar-refractivity contribution < 1.29 is 18.4 Å². The van der Waals surface area contributed by atoms with Crippen molar-refractivity contribution >= 4 is 23.2 Å². The Kier molecular flexibility index (Phi) is 5.75. The molecule has 0 aliphatic carbocycles. The van der Waals surface area contributed by atoms with Crippen LogP contribution in [0.4, 0.5) is 20.2 Å². The number of rotatable bonds is 4. The third kappa shape index (κ3) is 4.21. The van der Waals surface area contributed by atoms with Crippen LogP contribution in [0, 0.1) is 11.6 Å². The van der Waals surface area contributed by atoms with Gasteiger partial charge < -0.3 is 15.5 Å². The molecule has 0 unspecified atom stereocenters. The van der Waals surface area contributed by atoms with Crippen LogP contribution in [0.1, 0.15) is 40.0 Å². The summed E-state index contributed by atoms with van der Waals surface area (Å²) >= 11 is 0. The van der Waals surface area contributed by atoms with E-state index >= 15 is 0 Å². The standard InChI is InChI=1S/C17H23F2N3O2/c1-10-5-4-6-11(2)22(10)17(24)9-20-15-8-16(21-12(3)23)14(19)7-13(15)18/h7-8,10-11,20H,4-6,9H2,1-3H3,(H,21,23)/t10-,11-/m0/s1. The van der Waals surface area contributed by atoms with Gasteiger partial charge >= 0.3 is 0 Å². The highest BCUT2D eigenvalue weighted by Crippen LogP contribution is 2.25. The molecule has 0 radical (unpaired) electrons. The number of piperidine rings is 1. The van der Waals surface area contributed by atoms with Crippen LogP contribution in [0.15, 0.2) is 12.1 Å². The Labute approximate surface area is 140 Å². The maximum absolute atomic E-state index is 13.9. The monoisotopic (exact) mass is 339 g/mol. The molecule has 1 saturated heterocycles. The highest BCUT2D eigenvalue weighted by atomic mass is 19.1. The number of benzene rings is 1. The maximum Gasteiger partial charge on any atom is 0.242 e. The number of nitrogens with one attached hydrogen (secondary N) is 2. The molecule has 2 atom stereocenters. The summed E-state index contributed by atoms with van der Waals surface area (Å²) in [6.07, 6.45) is 2.99. The zero-order chi connectivity index (χ0) is 17.9. The fourth-order valence-electron chi connectivity index (χ4n) is 3.14. The third-order valence-corrected chi connectivity index (χ3v) is 4.28. The van der Waals surface area contributed by atoms with Crippen molar-refractivity contribution in [1.29, 1.82) is 0 Å². The van der Waals surface area contributed by atoms with Crippen LogP contribution in [-0.4, -0.2) is 35.3 Å². The molecule has 1 aliphatic rings. The predicted octanol–water partition coefficient (Wildman–Crippen LogP) is 3.12. The van der Waals surface area contributed by atoms with E-state index in [0.29, 0.717) is 6.07 Å². The van der Waals surface area contributed by atoms with Crippen molar-refractivity contribution in [1.82, 2.24) is 4.90 Å². The minimum atomic E-state index is -0.863. The molecule has 0 aromatic heterocycles. The summed E-state index contributed by atoms with van der Waals surface area (Å²) < 4.78 is 27.5. The van der Waals surface area contributed by atoms with E-state index in [-0.39, 0.29) is 35.9 Å². The zero-order valence-electron chi connectivity index (χ0n) is 14.2. The van der Waals surface area contributed by atoms with Gasteiger partial charge in [-0.15, -0.1) is 0 Å². The van der Waals surface area contributed by atoms with Crippen LogP contribution >= 0.6 is 0 Å². The fourth-order valence-corrected chi connectivity index (χ4v) is 3.14. The zero-order valence-corrected chi connectivity index (χ0v) is 14.2. The number of carbonyl (C=O) groups is 2. The summed E-state index contributed by atoms with van der Waals surface area (Å²) in [5.41, 5.74) is -0.149. The number of anilines is 2. The first-order valence-corrected chi connectivity index (χ1v) is 8.11. The van der Waals surface area contributed by atoms with Crippen molar-refractivity contribution in [3.8, 4) is 0 Å². The molecule has 2 rings (SSSR count). The first-order valence-electron chi connectivity index (χ1n) is 8.11. The summed E-state index contributed by atoms with van der Waals surface area (Å²) in [6, 6.07) is 2.14. The lowest BCUT2D eigenvalue weighted by Crippen LogP contribution is -2.49. The molecule has 0 bridgehead atoms. The van der Waals surface area contributed by atoms with Crippen LogP contribution < -0.4 is 10.6 Å². The molecule has 7 heteroatoms. The number of amides is 2. The van der Waals surface area contributed by atoms with Gasteiger partial charge in [0.2, 0.25) is 11.8 Å². The van der Waals surface area contributed by atoms with Gasteiger partial charge in [-0.05, 0) is 39.2 Å². The van der Waals surface area contributed by atoms with Gasteiger partial charge in [-0.1, -0.05) is 0 Å². The minimum absolute atomic E-state index is 0.0224. The van der Waals surface area contributed by atoms with E-state index in [9.17, 15) is 18.4 Å². The number of hydrogen-bond acceptors (Lipinski definition) is 3. The maximum atomic E-state index is 13.9. The Bertz CT molecular complexity index is 627. The average Bonchev–Trinajstić information content (AvgIpc) is 2.48. The van der Waals surface area contributed by atoms with E-state index in [0.717, 1.165) is 25.3 Å². The second kappa shape index (κ2) is 7.59. The fraction of sp³-hybridized carbons (Fsp3) is 0.529. The molecule has 5 nitrogen and oxygen atoms in total. The van der Waals surface area contributed by atoms with E-state index < -0.39 is 17.5 Å².